The van der Waals surface area contributed by atoms with Crippen LogP contribution in [0.15, 0.2) is 41.4 Å². The van der Waals surface area contributed by atoms with Crippen molar-refractivity contribution in [2.24, 2.45) is 4.99 Å². The number of aromatic nitrogens is 1. The smallest absolute Gasteiger partial charge is 0.279 e. The zero-order valence-electron chi connectivity index (χ0n) is 16.1. The van der Waals surface area contributed by atoms with Gasteiger partial charge in [-0.05, 0) is 68.3 Å². The lowest BCUT2D eigenvalue weighted by Gasteiger charge is -2.06. The van der Waals surface area contributed by atoms with Gasteiger partial charge in [0.25, 0.3) is 5.91 Å². The molecule has 2 aromatic carbocycles. The number of carbonyl (C=O) groups is 1. The van der Waals surface area contributed by atoms with Crippen LogP contribution in [0.3, 0.4) is 0 Å². The van der Waals surface area contributed by atoms with Crippen molar-refractivity contribution in [2.45, 2.75) is 27.3 Å². The summed E-state index contributed by atoms with van der Waals surface area (Å²) in [5.41, 5.74) is 4.07. The molecule has 3 aromatic rings. The molecular formula is C21H24N2O3S. The fourth-order valence-electron chi connectivity index (χ4n) is 2.82. The highest BCUT2D eigenvalue weighted by atomic mass is 32.1. The lowest BCUT2D eigenvalue weighted by molar-refractivity contribution is 0.0997. The molecule has 3 rings (SSSR count). The summed E-state index contributed by atoms with van der Waals surface area (Å²) in [6.07, 6.45) is 0. The van der Waals surface area contributed by atoms with E-state index in [1.165, 1.54) is 22.5 Å². The minimum absolute atomic E-state index is 0.260. The van der Waals surface area contributed by atoms with Crippen molar-refractivity contribution in [3.63, 3.8) is 0 Å². The molecule has 1 aromatic heterocycles. The third-order valence-corrected chi connectivity index (χ3v) is 5.47. The minimum atomic E-state index is -0.260. The zero-order valence-corrected chi connectivity index (χ0v) is 16.9. The molecule has 0 bridgehead atoms. The molecule has 6 heteroatoms. The third-order valence-electron chi connectivity index (χ3n) is 4.43. The molecule has 0 N–H and O–H groups in total. The molecule has 1 amide bonds. The van der Waals surface area contributed by atoms with Crippen molar-refractivity contribution in [3.05, 3.63) is 57.9 Å². The van der Waals surface area contributed by atoms with Gasteiger partial charge in [0.15, 0.2) is 4.80 Å². The predicted molar refractivity (Wildman–Crippen MR) is 109 cm³/mol. The summed E-state index contributed by atoms with van der Waals surface area (Å²) in [6.45, 7) is 7.91. The molecule has 0 aliphatic carbocycles. The molecule has 1 heterocycles. The van der Waals surface area contributed by atoms with E-state index in [-0.39, 0.29) is 5.91 Å². The van der Waals surface area contributed by atoms with Gasteiger partial charge in [0, 0.05) is 19.2 Å². The van der Waals surface area contributed by atoms with Gasteiger partial charge in [0.1, 0.15) is 5.75 Å². The number of ether oxygens (including phenoxy) is 2. The van der Waals surface area contributed by atoms with Gasteiger partial charge in [-0.2, -0.15) is 4.99 Å². The molecular weight excluding hydrogens is 360 g/mol. The average molecular weight is 385 g/mol. The maximum atomic E-state index is 12.7. The van der Waals surface area contributed by atoms with Gasteiger partial charge >= 0.3 is 0 Å². The van der Waals surface area contributed by atoms with Crippen LogP contribution in [0.5, 0.6) is 5.75 Å². The van der Waals surface area contributed by atoms with Gasteiger partial charge in [0.2, 0.25) is 0 Å². The molecule has 0 unspecified atom stereocenters. The Labute approximate surface area is 162 Å². The Morgan fingerprint density at radius 2 is 1.85 bits per heavy atom. The largest absolute Gasteiger partial charge is 0.494 e. The quantitative estimate of drug-likeness (QED) is 0.643. The van der Waals surface area contributed by atoms with Crippen LogP contribution in [0, 0.1) is 13.8 Å². The van der Waals surface area contributed by atoms with Crippen LogP contribution in [0.1, 0.15) is 28.4 Å². The summed E-state index contributed by atoms with van der Waals surface area (Å²) in [7, 11) is 1.67. The molecule has 0 saturated carbocycles. The second-order valence-corrected chi connectivity index (χ2v) is 7.32. The van der Waals surface area contributed by atoms with Crippen molar-refractivity contribution in [2.75, 3.05) is 20.3 Å². The zero-order chi connectivity index (χ0) is 19.4. The number of fused-ring (bicyclic) bond motifs is 1. The summed E-state index contributed by atoms with van der Waals surface area (Å²) in [6, 6.07) is 11.4. The predicted octanol–water partition coefficient (Wildman–Crippen LogP) is 4.11. The fraction of sp³-hybridized carbons (Fsp3) is 0.333. The van der Waals surface area contributed by atoms with Crippen LogP contribution in [0.4, 0.5) is 0 Å². The number of methoxy groups -OCH3 is 1. The number of carbonyl (C=O) groups excluding carboxylic acids is 1. The van der Waals surface area contributed by atoms with Crippen LogP contribution < -0.4 is 9.54 Å². The second kappa shape index (κ2) is 8.50. The molecule has 0 fully saturated rings. The summed E-state index contributed by atoms with van der Waals surface area (Å²) in [4.78, 5) is 17.8. The summed E-state index contributed by atoms with van der Waals surface area (Å²) in [5.74, 6) is 0.487. The van der Waals surface area contributed by atoms with E-state index >= 15 is 0 Å². The first kappa shape index (κ1) is 19.3. The molecule has 0 atom stereocenters. The molecule has 0 radical (unpaired) electrons. The number of amides is 1. The highest BCUT2D eigenvalue weighted by molar-refractivity contribution is 7.16. The number of aryl methyl sites for hydroxylation is 2. The number of thiazole rings is 1. The van der Waals surface area contributed by atoms with E-state index in [2.05, 4.69) is 35.5 Å². The van der Waals surface area contributed by atoms with Crippen LogP contribution in [-0.4, -0.2) is 30.8 Å². The maximum absolute atomic E-state index is 12.7. The van der Waals surface area contributed by atoms with Crippen molar-refractivity contribution < 1.29 is 14.3 Å². The molecule has 142 valence electrons. The third kappa shape index (κ3) is 4.28. The Balaban J connectivity index is 2.04. The minimum Gasteiger partial charge on any atom is -0.494 e. The van der Waals surface area contributed by atoms with E-state index in [0.717, 1.165) is 16.0 Å². The second-order valence-electron chi connectivity index (χ2n) is 6.31. The number of rotatable bonds is 6. The van der Waals surface area contributed by atoms with Gasteiger partial charge in [0.05, 0.1) is 23.4 Å². The fourth-order valence-corrected chi connectivity index (χ4v) is 3.95. The number of nitrogens with zero attached hydrogens (tertiary/aromatic N) is 2. The Morgan fingerprint density at radius 3 is 2.52 bits per heavy atom. The molecule has 27 heavy (non-hydrogen) atoms. The van der Waals surface area contributed by atoms with E-state index < -0.39 is 0 Å². The average Bonchev–Trinajstić information content (AvgIpc) is 2.97. The van der Waals surface area contributed by atoms with Crippen LogP contribution in [0.2, 0.25) is 0 Å². The Kier molecular flexibility index (Phi) is 6.08. The van der Waals surface area contributed by atoms with Crippen molar-refractivity contribution >= 4 is 27.5 Å². The van der Waals surface area contributed by atoms with Gasteiger partial charge in [-0.1, -0.05) is 11.3 Å². The molecule has 0 spiro atoms. The van der Waals surface area contributed by atoms with Crippen LogP contribution >= 0.6 is 11.3 Å². The SMILES string of the molecule is CCOc1ccc(C(=O)N=c2sc3cc(C)c(C)cc3n2CCOC)cc1. The lowest BCUT2D eigenvalue weighted by atomic mass is 10.1. The molecule has 0 aliphatic rings. The topological polar surface area (TPSA) is 52.8 Å². The van der Waals surface area contributed by atoms with E-state index in [4.69, 9.17) is 9.47 Å². The van der Waals surface area contributed by atoms with E-state index in [0.29, 0.717) is 30.1 Å². The molecule has 0 saturated heterocycles. The first-order valence-corrected chi connectivity index (χ1v) is 9.76. The summed E-state index contributed by atoms with van der Waals surface area (Å²) in [5, 5.41) is 0. The first-order valence-electron chi connectivity index (χ1n) is 8.95. The van der Waals surface area contributed by atoms with Gasteiger partial charge in [-0.3, -0.25) is 4.79 Å². The monoisotopic (exact) mass is 384 g/mol. The molecule has 0 aliphatic heterocycles. The van der Waals surface area contributed by atoms with Gasteiger partial charge < -0.3 is 14.0 Å². The van der Waals surface area contributed by atoms with E-state index in [9.17, 15) is 4.79 Å². The van der Waals surface area contributed by atoms with Gasteiger partial charge in [-0.25, -0.2) is 0 Å². The van der Waals surface area contributed by atoms with E-state index in [1.807, 2.05) is 6.92 Å². The summed E-state index contributed by atoms with van der Waals surface area (Å²) < 4.78 is 13.8. The Morgan fingerprint density at radius 1 is 1.15 bits per heavy atom. The first-order chi connectivity index (χ1) is 13.0. The van der Waals surface area contributed by atoms with Crippen LogP contribution in [0.25, 0.3) is 10.2 Å². The van der Waals surface area contributed by atoms with Gasteiger partial charge in [-0.15, -0.1) is 0 Å². The number of benzene rings is 2. The van der Waals surface area contributed by atoms with Crippen molar-refractivity contribution in [3.8, 4) is 5.75 Å². The lowest BCUT2D eigenvalue weighted by Crippen LogP contribution is -2.19. The highest BCUT2D eigenvalue weighted by Crippen LogP contribution is 2.22. The number of hydrogen-bond acceptors (Lipinski definition) is 4. The highest BCUT2D eigenvalue weighted by Gasteiger charge is 2.11. The normalized spacial score (nSPS) is 11.9. The van der Waals surface area contributed by atoms with Crippen LogP contribution in [-0.2, 0) is 11.3 Å². The van der Waals surface area contributed by atoms with Crippen molar-refractivity contribution in [1.82, 2.24) is 4.57 Å². The molecule has 5 nitrogen and oxygen atoms in total. The standard InChI is InChI=1S/C21H24N2O3S/c1-5-26-17-8-6-16(7-9-17)20(24)22-21-23(10-11-25-4)18-12-14(2)15(3)13-19(18)27-21/h6-9,12-13H,5,10-11H2,1-4H3. The Bertz CT molecular complexity index is 1020. The number of hydrogen-bond donors (Lipinski definition) is 0. The van der Waals surface area contributed by atoms with E-state index in [1.54, 1.807) is 31.4 Å². The summed E-state index contributed by atoms with van der Waals surface area (Å²) >= 11 is 1.53. The Hall–Kier alpha value is -2.44. The maximum Gasteiger partial charge on any atom is 0.279 e. The van der Waals surface area contributed by atoms with Crippen molar-refractivity contribution in [1.29, 1.82) is 0 Å².